The van der Waals surface area contributed by atoms with E-state index in [4.69, 9.17) is 4.74 Å². The molecule has 2 atom stereocenters. The molecule has 2 unspecified atom stereocenters. The Bertz CT molecular complexity index is 521. The fourth-order valence-electron chi connectivity index (χ4n) is 2.28. The average Bonchev–Trinajstić information content (AvgIpc) is 2.92. The molecule has 0 saturated carbocycles. The van der Waals surface area contributed by atoms with Gasteiger partial charge >= 0.3 is 0 Å². The zero-order chi connectivity index (χ0) is 12.6. The van der Waals surface area contributed by atoms with Crippen LogP contribution in [0.2, 0.25) is 0 Å². The number of hydrogen-bond donors (Lipinski definition) is 3. The van der Waals surface area contributed by atoms with Gasteiger partial charge in [-0.25, -0.2) is 4.98 Å². The Kier molecular flexibility index (Phi) is 2.72. The van der Waals surface area contributed by atoms with E-state index >= 15 is 0 Å². The summed E-state index contributed by atoms with van der Waals surface area (Å²) < 4.78 is 5.40. The molecule has 1 aromatic carbocycles. The Labute approximate surface area is 105 Å². The molecule has 1 saturated heterocycles. The summed E-state index contributed by atoms with van der Waals surface area (Å²) in [6.45, 7) is 2.95. The first-order valence-electron chi connectivity index (χ1n) is 6.20. The number of nitrogens with zero attached hydrogens (tertiary/aromatic N) is 1. The zero-order valence-electron chi connectivity index (χ0n) is 10.3. The smallest absolute Gasteiger partial charge is 0.201 e. The van der Waals surface area contributed by atoms with Crippen molar-refractivity contribution in [1.82, 2.24) is 9.97 Å². The number of ether oxygens (including phenoxy) is 1. The minimum absolute atomic E-state index is 0.144. The summed E-state index contributed by atoms with van der Waals surface area (Å²) in [5.41, 5.74) is 1.10. The van der Waals surface area contributed by atoms with Crippen LogP contribution >= 0.6 is 0 Å². The van der Waals surface area contributed by atoms with Crippen LogP contribution in [0.15, 0.2) is 24.3 Å². The number of nitrogens with one attached hydrogen (secondary N) is 2. The summed E-state index contributed by atoms with van der Waals surface area (Å²) in [5, 5.41) is 13.5. The standard InChI is InChI=1S/C13H17N3O2/c1-9-13(17,6-7-18-9)8-14-12-15-10-4-2-3-5-11(10)16-12/h2-5,9,17H,6-8H2,1H3,(H2,14,15,16). The molecule has 1 fully saturated rings. The zero-order valence-corrected chi connectivity index (χ0v) is 10.3. The van der Waals surface area contributed by atoms with Crippen molar-refractivity contribution in [3.8, 4) is 0 Å². The highest BCUT2D eigenvalue weighted by Gasteiger charge is 2.39. The Morgan fingerprint density at radius 1 is 1.56 bits per heavy atom. The van der Waals surface area contributed by atoms with Crippen molar-refractivity contribution in [2.24, 2.45) is 0 Å². The van der Waals surface area contributed by atoms with E-state index in [-0.39, 0.29) is 6.10 Å². The summed E-state index contributed by atoms with van der Waals surface area (Å²) in [6, 6.07) is 7.84. The monoisotopic (exact) mass is 247 g/mol. The topological polar surface area (TPSA) is 70.2 Å². The predicted molar refractivity (Wildman–Crippen MR) is 69.6 cm³/mol. The Balaban J connectivity index is 1.73. The van der Waals surface area contributed by atoms with Crippen molar-refractivity contribution in [3.63, 3.8) is 0 Å². The van der Waals surface area contributed by atoms with Gasteiger partial charge in [-0.1, -0.05) is 12.1 Å². The lowest BCUT2D eigenvalue weighted by molar-refractivity contribution is -0.0176. The van der Waals surface area contributed by atoms with E-state index in [9.17, 15) is 5.11 Å². The Morgan fingerprint density at radius 2 is 2.39 bits per heavy atom. The maximum atomic E-state index is 10.4. The third kappa shape index (κ3) is 1.95. The van der Waals surface area contributed by atoms with Crippen LogP contribution in [0.25, 0.3) is 11.0 Å². The van der Waals surface area contributed by atoms with Gasteiger partial charge in [0.2, 0.25) is 5.95 Å². The molecule has 1 aliphatic rings. The first-order chi connectivity index (χ1) is 8.67. The second-order valence-electron chi connectivity index (χ2n) is 4.82. The highest BCUT2D eigenvalue weighted by Crippen LogP contribution is 2.26. The van der Waals surface area contributed by atoms with Gasteiger partial charge in [-0.2, -0.15) is 0 Å². The van der Waals surface area contributed by atoms with E-state index in [1.165, 1.54) is 0 Å². The molecule has 1 aromatic heterocycles. The minimum Gasteiger partial charge on any atom is -0.385 e. The van der Waals surface area contributed by atoms with Gasteiger partial charge in [-0.05, 0) is 19.1 Å². The number of aromatic amines is 1. The van der Waals surface area contributed by atoms with Crippen LogP contribution in [0.3, 0.4) is 0 Å². The van der Waals surface area contributed by atoms with E-state index in [0.29, 0.717) is 25.5 Å². The van der Waals surface area contributed by atoms with Crippen molar-refractivity contribution in [3.05, 3.63) is 24.3 Å². The van der Waals surface area contributed by atoms with Crippen LogP contribution in [-0.4, -0.2) is 39.9 Å². The molecule has 0 bridgehead atoms. The van der Waals surface area contributed by atoms with Crippen molar-refractivity contribution >= 4 is 17.0 Å². The first-order valence-corrected chi connectivity index (χ1v) is 6.20. The van der Waals surface area contributed by atoms with Crippen LogP contribution in [0.4, 0.5) is 5.95 Å². The van der Waals surface area contributed by atoms with Crippen LogP contribution in [0.5, 0.6) is 0 Å². The molecule has 0 spiro atoms. The summed E-state index contributed by atoms with van der Waals surface area (Å²) in [7, 11) is 0. The molecule has 0 aliphatic carbocycles. The molecule has 1 aliphatic heterocycles. The molecule has 2 aromatic rings. The number of benzene rings is 1. The second-order valence-corrected chi connectivity index (χ2v) is 4.82. The molecule has 3 rings (SSSR count). The van der Waals surface area contributed by atoms with Gasteiger partial charge < -0.3 is 20.1 Å². The predicted octanol–water partition coefficient (Wildman–Crippen LogP) is 1.51. The molecule has 2 heterocycles. The summed E-state index contributed by atoms with van der Waals surface area (Å²) >= 11 is 0. The first kappa shape index (κ1) is 11.5. The van der Waals surface area contributed by atoms with Crippen LogP contribution < -0.4 is 5.32 Å². The fourth-order valence-corrected chi connectivity index (χ4v) is 2.28. The second kappa shape index (κ2) is 4.26. The van der Waals surface area contributed by atoms with E-state index < -0.39 is 5.60 Å². The fraction of sp³-hybridized carbons (Fsp3) is 0.462. The van der Waals surface area contributed by atoms with Crippen LogP contribution in [-0.2, 0) is 4.74 Å². The molecular formula is C13H17N3O2. The largest absolute Gasteiger partial charge is 0.385 e. The van der Waals surface area contributed by atoms with Gasteiger partial charge in [0.1, 0.15) is 5.60 Å². The summed E-state index contributed by atoms with van der Waals surface area (Å²) in [4.78, 5) is 7.59. The van der Waals surface area contributed by atoms with E-state index in [1.54, 1.807) is 0 Å². The molecule has 5 heteroatoms. The normalized spacial score (nSPS) is 27.8. The van der Waals surface area contributed by atoms with Crippen molar-refractivity contribution in [1.29, 1.82) is 0 Å². The number of rotatable bonds is 3. The molecule has 5 nitrogen and oxygen atoms in total. The van der Waals surface area contributed by atoms with Crippen molar-refractivity contribution < 1.29 is 9.84 Å². The lowest BCUT2D eigenvalue weighted by Crippen LogP contribution is -2.43. The van der Waals surface area contributed by atoms with E-state index in [1.807, 2.05) is 31.2 Å². The third-order valence-corrected chi connectivity index (χ3v) is 3.61. The third-order valence-electron chi connectivity index (χ3n) is 3.61. The highest BCUT2D eigenvalue weighted by atomic mass is 16.5. The van der Waals surface area contributed by atoms with Gasteiger partial charge in [-0.15, -0.1) is 0 Å². The minimum atomic E-state index is -0.807. The number of H-pyrrole nitrogens is 1. The Morgan fingerprint density at radius 3 is 3.11 bits per heavy atom. The molecule has 96 valence electrons. The SMILES string of the molecule is CC1OCCC1(O)CNc1nc2ccccc2[nH]1. The summed E-state index contributed by atoms with van der Waals surface area (Å²) in [6.07, 6.45) is 0.510. The highest BCUT2D eigenvalue weighted by molar-refractivity contribution is 5.77. The summed E-state index contributed by atoms with van der Waals surface area (Å²) in [5.74, 6) is 0.684. The number of aliphatic hydroxyl groups is 1. The van der Waals surface area contributed by atoms with E-state index in [2.05, 4.69) is 15.3 Å². The lowest BCUT2D eigenvalue weighted by Gasteiger charge is -2.25. The van der Waals surface area contributed by atoms with Crippen molar-refractivity contribution in [2.45, 2.75) is 25.0 Å². The van der Waals surface area contributed by atoms with E-state index in [0.717, 1.165) is 11.0 Å². The number of anilines is 1. The lowest BCUT2D eigenvalue weighted by atomic mass is 9.97. The maximum Gasteiger partial charge on any atom is 0.201 e. The molecule has 0 radical (unpaired) electrons. The van der Waals surface area contributed by atoms with Gasteiger partial charge in [0, 0.05) is 19.6 Å². The van der Waals surface area contributed by atoms with Gasteiger partial charge in [0.05, 0.1) is 17.1 Å². The molecule has 0 amide bonds. The number of hydrogen-bond acceptors (Lipinski definition) is 4. The van der Waals surface area contributed by atoms with Crippen LogP contribution in [0, 0.1) is 0 Å². The number of imidazole rings is 1. The molecular weight excluding hydrogens is 230 g/mol. The molecule has 18 heavy (non-hydrogen) atoms. The quantitative estimate of drug-likeness (QED) is 0.769. The van der Waals surface area contributed by atoms with Crippen molar-refractivity contribution in [2.75, 3.05) is 18.5 Å². The van der Waals surface area contributed by atoms with Gasteiger partial charge in [0.15, 0.2) is 0 Å². The number of aromatic nitrogens is 2. The number of para-hydroxylation sites is 2. The van der Waals surface area contributed by atoms with Gasteiger partial charge in [-0.3, -0.25) is 0 Å². The van der Waals surface area contributed by atoms with Crippen LogP contribution in [0.1, 0.15) is 13.3 Å². The average molecular weight is 247 g/mol. The molecule has 3 N–H and O–H groups in total. The number of fused-ring (bicyclic) bond motifs is 1. The van der Waals surface area contributed by atoms with Gasteiger partial charge in [0.25, 0.3) is 0 Å². The maximum absolute atomic E-state index is 10.4. The Hall–Kier alpha value is -1.59.